The van der Waals surface area contributed by atoms with Crippen molar-refractivity contribution in [2.24, 2.45) is 5.92 Å². The zero-order valence-corrected chi connectivity index (χ0v) is 17.2. The molecular formula is C24H26FN3O3. The van der Waals surface area contributed by atoms with E-state index >= 15 is 0 Å². The van der Waals surface area contributed by atoms with Crippen LogP contribution in [0.25, 0.3) is 0 Å². The van der Waals surface area contributed by atoms with Gasteiger partial charge in [0.15, 0.2) is 0 Å². The number of likely N-dealkylation sites (tertiary alicyclic amines) is 1. The molecule has 1 aliphatic rings. The lowest BCUT2D eigenvalue weighted by molar-refractivity contribution is -0.124. The first-order valence-corrected chi connectivity index (χ1v) is 10.3. The Kier molecular flexibility index (Phi) is 7.54. The van der Waals surface area contributed by atoms with Crippen molar-refractivity contribution in [3.63, 3.8) is 0 Å². The van der Waals surface area contributed by atoms with Crippen molar-refractivity contribution in [3.8, 4) is 0 Å². The van der Waals surface area contributed by atoms with Crippen LogP contribution in [-0.4, -0.2) is 48.3 Å². The van der Waals surface area contributed by atoms with E-state index < -0.39 is 11.9 Å². The van der Waals surface area contributed by atoms with Gasteiger partial charge in [-0.25, -0.2) is 4.39 Å². The molecule has 1 fully saturated rings. The fraction of sp³-hybridized carbons (Fsp3) is 0.292. The molecule has 2 N–H and O–H groups in total. The fourth-order valence-electron chi connectivity index (χ4n) is 3.73. The number of carbonyl (C=O) groups is 3. The Hall–Kier alpha value is -3.48. The molecule has 1 heterocycles. The summed E-state index contributed by atoms with van der Waals surface area (Å²) >= 11 is 0. The van der Waals surface area contributed by atoms with Gasteiger partial charge in [-0.1, -0.05) is 30.3 Å². The minimum atomic E-state index is -0.723. The number of hydrogen-bond acceptors (Lipinski definition) is 3. The van der Waals surface area contributed by atoms with Gasteiger partial charge in [0.2, 0.25) is 5.91 Å². The molecule has 1 saturated heterocycles. The first-order valence-electron chi connectivity index (χ1n) is 10.3. The third-order valence-electron chi connectivity index (χ3n) is 5.40. The minimum absolute atomic E-state index is 0.131. The number of carbonyl (C=O) groups excluding carboxylic acids is 3. The van der Waals surface area contributed by atoms with Crippen LogP contribution >= 0.6 is 0 Å². The molecule has 0 aromatic heterocycles. The number of halogens is 1. The van der Waals surface area contributed by atoms with Crippen LogP contribution in [0.3, 0.4) is 0 Å². The molecule has 0 unspecified atom stereocenters. The van der Waals surface area contributed by atoms with Crippen LogP contribution in [0.15, 0.2) is 67.3 Å². The predicted octanol–water partition coefficient (Wildman–Crippen LogP) is 2.78. The van der Waals surface area contributed by atoms with E-state index in [0.717, 1.165) is 0 Å². The van der Waals surface area contributed by atoms with E-state index in [1.54, 1.807) is 41.3 Å². The maximum absolute atomic E-state index is 13.5. The van der Waals surface area contributed by atoms with E-state index in [2.05, 4.69) is 17.2 Å². The summed E-state index contributed by atoms with van der Waals surface area (Å²) in [5.74, 6) is -1.42. The van der Waals surface area contributed by atoms with Gasteiger partial charge >= 0.3 is 0 Å². The molecule has 2 aromatic carbocycles. The summed E-state index contributed by atoms with van der Waals surface area (Å²) < 4.78 is 13.5. The zero-order valence-electron chi connectivity index (χ0n) is 17.2. The first kappa shape index (κ1) is 22.2. The molecule has 2 aromatic rings. The maximum atomic E-state index is 13.5. The van der Waals surface area contributed by atoms with Crippen LogP contribution in [-0.2, 0) is 4.79 Å². The molecule has 3 rings (SSSR count). The Balaban J connectivity index is 1.67. The standard InChI is InChI=1S/C24H26FN3O3/c1-2-13-26-23(30)21(27-22(29)18-7-4-3-5-8-18)17-11-14-28(15-12-17)24(31)19-9-6-10-20(25)16-19/h2-10,16-17,21H,1,11-15H2,(H,26,30)(H,27,29)/t21-/m0/s1. The lowest BCUT2D eigenvalue weighted by atomic mass is 9.88. The lowest BCUT2D eigenvalue weighted by Crippen LogP contribution is -2.53. The summed E-state index contributed by atoms with van der Waals surface area (Å²) in [4.78, 5) is 39.7. The van der Waals surface area contributed by atoms with Crippen molar-refractivity contribution in [3.05, 3.63) is 84.2 Å². The molecule has 1 aliphatic heterocycles. The second-order valence-corrected chi connectivity index (χ2v) is 7.49. The first-order chi connectivity index (χ1) is 15.0. The van der Waals surface area contributed by atoms with Gasteiger partial charge in [0, 0.05) is 30.8 Å². The predicted molar refractivity (Wildman–Crippen MR) is 116 cm³/mol. The number of rotatable bonds is 7. The van der Waals surface area contributed by atoms with Crippen molar-refractivity contribution in [1.82, 2.24) is 15.5 Å². The van der Waals surface area contributed by atoms with Crippen LogP contribution in [0.5, 0.6) is 0 Å². The van der Waals surface area contributed by atoms with Crippen molar-refractivity contribution >= 4 is 17.7 Å². The van der Waals surface area contributed by atoms with Crippen molar-refractivity contribution in [1.29, 1.82) is 0 Å². The number of nitrogens with one attached hydrogen (secondary N) is 2. The third-order valence-corrected chi connectivity index (χ3v) is 5.40. The quantitative estimate of drug-likeness (QED) is 0.673. The molecule has 31 heavy (non-hydrogen) atoms. The Morgan fingerprint density at radius 3 is 2.39 bits per heavy atom. The Bertz CT molecular complexity index is 940. The van der Waals surface area contributed by atoms with Gasteiger partial charge in [-0.05, 0) is 49.1 Å². The van der Waals surface area contributed by atoms with E-state index in [9.17, 15) is 18.8 Å². The summed E-state index contributed by atoms with van der Waals surface area (Å²) in [6.07, 6.45) is 2.67. The number of piperidine rings is 1. The largest absolute Gasteiger partial charge is 0.351 e. The van der Waals surface area contributed by atoms with E-state index in [1.807, 2.05) is 6.07 Å². The SMILES string of the molecule is C=CCNC(=O)[C@@H](NC(=O)c1ccccc1)C1CCN(C(=O)c2cccc(F)c2)CC1. The molecule has 0 radical (unpaired) electrons. The third kappa shape index (κ3) is 5.78. The van der Waals surface area contributed by atoms with Gasteiger partial charge in [-0.2, -0.15) is 0 Å². The van der Waals surface area contributed by atoms with E-state index in [4.69, 9.17) is 0 Å². The minimum Gasteiger partial charge on any atom is -0.351 e. The highest BCUT2D eigenvalue weighted by Gasteiger charge is 2.34. The fourth-order valence-corrected chi connectivity index (χ4v) is 3.73. The average Bonchev–Trinajstić information content (AvgIpc) is 2.81. The van der Waals surface area contributed by atoms with Crippen LogP contribution in [0, 0.1) is 11.7 Å². The molecule has 162 valence electrons. The highest BCUT2D eigenvalue weighted by atomic mass is 19.1. The number of hydrogen-bond donors (Lipinski definition) is 2. The molecule has 0 spiro atoms. The van der Waals surface area contributed by atoms with Gasteiger partial charge in [-0.15, -0.1) is 6.58 Å². The molecule has 3 amide bonds. The Morgan fingerprint density at radius 2 is 1.74 bits per heavy atom. The molecule has 7 heteroatoms. The second-order valence-electron chi connectivity index (χ2n) is 7.49. The summed E-state index contributed by atoms with van der Waals surface area (Å²) in [6.45, 7) is 4.75. The number of amides is 3. The van der Waals surface area contributed by atoms with Gasteiger partial charge in [0.25, 0.3) is 11.8 Å². The summed E-state index contributed by atoms with van der Waals surface area (Å²) in [6, 6.07) is 13.6. The molecule has 6 nitrogen and oxygen atoms in total. The summed E-state index contributed by atoms with van der Waals surface area (Å²) in [5.41, 5.74) is 0.777. The monoisotopic (exact) mass is 423 g/mol. The van der Waals surface area contributed by atoms with E-state index in [1.165, 1.54) is 18.2 Å². The van der Waals surface area contributed by atoms with Crippen LogP contribution in [0.1, 0.15) is 33.6 Å². The van der Waals surface area contributed by atoms with Crippen molar-refractivity contribution in [2.45, 2.75) is 18.9 Å². The average molecular weight is 423 g/mol. The summed E-state index contributed by atoms with van der Waals surface area (Å²) in [7, 11) is 0. The summed E-state index contributed by atoms with van der Waals surface area (Å²) in [5, 5.41) is 5.62. The topological polar surface area (TPSA) is 78.5 Å². The highest BCUT2D eigenvalue weighted by molar-refractivity contribution is 5.97. The highest BCUT2D eigenvalue weighted by Crippen LogP contribution is 2.23. The molecule has 0 saturated carbocycles. The van der Waals surface area contributed by atoms with Crippen molar-refractivity contribution < 1.29 is 18.8 Å². The van der Waals surface area contributed by atoms with Gasteiger partial charge in [0.1, 0.15) is 11.9 Å². The number of nitrogens with zero attached hydrogens (tertiary/aromatic N) is 1. The van der Waals surface area contributed by atoms with Gasteiger partial charge in [-0.3, -0.25) is 14.4 Å². The normalized spacial score (nSPS) is 15.1. The smallest absolute Gasteiger partial charge is 0.253 e. The Morgan fingerprint density at radius 1 is 1.06 bits per heavy atom. The second kappa shape index (κ2) is 10.5. The van der Waals surface area contributed by atoms with Crippen molar-refractivity contribution in [2.75, 3.05) is 19.6 Å². The van der Waals surface area contributed by atoms with E-state index in [-0.39, 0.29) is 23.6 Å². The Labute approximate surface area is 181 Å². The molecular weight excluding hydrogens is 397 g/mol. The van der Waals surface area contributed by atoms with Crippen LogP contribution in [0.4, 0.5) is 4.39 Å². The molecule has 0 aliphatic carbocycles. The van der Waals surface area contributed by atoms with Crippen LogP contribution in [0.2, 0.25) is 0 Å². The lowest BCUT2D eigenvalue weighted by Gasteiger charge is -2.35. The van der Waals surface area contributed by atoms with Crippen LogP contribution < -0.4 is 10.6 Å². The van der Waals surface area contributed by atoms with Gasteiger partial charge < -0.3 is 15.5 Å². The van der Waals surface area contributed by atoms with E-state index in [0.29, 0.717) is 43.6 Å². The number of benzene rings is 2. The zero-order chi connectivity index (χ0) is 22.2. The molecule has 1 atom stereocenters. The molecule has 0 bridgehead atoms. The van der Waals surface area contributed by atoms with Gasteiger partial charge in [0.05, 0.1) is 0 Å². The maximum Gasteiger partial charge on any atom is 0.253 e.